The number of rotatable bonds is 6. The molecule has 1 atom stereocenters. The molecular formula is C18H21N3O. The first-order chi connectivity index (χ1) is 10.8. The Labute approximate surface area is 130 Å². The Balaban J connectivity index is 1.65. The number of methoxy groups -OCH3 is 1. The first kappa shape index (κ1) is 14.8. The third-order valence-electron chi connectivity index (χ3n) is 3.95. The van der Waals surface area contributed by atoms with Gasteiger partial charge >= 0.3 is 0 Å². The summed E-state index contributed by atoms with van der Waals surface area (Å²) in [4.78, 5) is 4.67. The lowest BCUT2D eigenvalue weighted by atomic mass is 10.1. The zero-order chi connectivity index (χ0) is 15.4. The summed E-state index contributed by atoms with van der Waals surface area (Å²) in [5.74, 6) is 1.03. The summed E-state index contributed by atoms with van der Waals surface area (Å²) >= 11 is 0. The van der Waals surface area contributed by atoms with E-state index in [-0.39, 0.29) is 6.10 Å². The Kier molecular flexibility index (Phi) is 4.51. The quantitative estimate of drug-likeness (QED) is 0.759. The van der Waals surface area contributed by atoms with Gasteiger partial charge in [-0.2, -0.15) is 0 Å². The maximum atomic E-state index is 5.57. The number of nitrogens with zero attached hydrogens (tertiary/aromatic N) is 2. The standard InChI is InChI=1S/C18H21N3O/c1-21-16-11-7-6-10-15(16)20-18(21)13-19-12-17(22-2)14-8-4-3-5-9-14/h3-11,17,19H,12-13H2,1-2H3. The fraction of sp³-hybridized carbons (Fsp3) is 0.278. The maximum Gasteiger partial charge on any atom is 0.123 e. The van der Waals surface area contributed by atoms with Crippen molar-refractivity contribution in [1.82, 2.24) is 14.9 Å². The van der Waals surface area contributed by atoms with Gasteiger partial charge in [0.1, 0.15) is 5.82 Å². The van der Waals surface area contributed by atoms with Crippen LogP contribution in [0.5, 0.6) is 0 Å². The van der Waals surface area contributed by atoms with Gasteiger partial charge in [0.25, 0.3) is 0 Å². The van der Waals surface area contributed by atoms with Crippen LogP contribution in [0.15, 0.2) is 54.6 Å². The number of fused-ring (bicyclic) bond motifs is 1. The van der Waals surface area contributed by atoms with E-state index in [9.17, 15) is 0 Å². The van der Waals surface area contributed by atoms with Gasteiger partial charge in [0, 0.05) is 20.7 Å². The summed E-state index contributed by atoms with van der Waals surface area (Å²) in [5, 5.41) is 3.44. The molecule has 0 aliphatic heterocycles. The van der Waals surface area contributed by atoms with Crippen LogP contribution < -0.4 is 5.32 Å². The first-order valence-corrected chi connectivity index (χ1v) is 7.48. The third-order valence-corrected chi connectivity index (χ3v) is 3.95. The Bertz CT molecular complexity index is 736. The summed E-state index contributed by atoms with van der Waals surface area (Å²) < 4.78 is 7.71. The number of hydrogen-bond acceptors (Lipinski definition) is 3. The van der Waals surface area contributed by atoms with Crippen molar-refractivity contribution in [2.45, 2.75) is 12.6 Å². The summed E-state index contributed by atoms with van der Waals surface area (Å²) in [5.41, 5.74) is 3.38. The molecule has 0 bridgehead atoms. The number of hydrogen-bond donors (Lipinski definition) is 1. The van der Waals surface area contributed by atoms with Gasteiger partial charge in [-0.3, -0.25) is 0 Å². The summed E-state index contributed by atoms with van der Waals surface area (Å²) in [6.45, 7) is 1.47. The zero-order valence-electron chi connectivity index (χ0n) is 13.0. The Morgan fingerprint density at radius 3 is 2.55 bits per heavy atom. The highest BCUT2D eigenvalue weighted by Crippen LogP contribution is 2.16. The lowest BCUT2D eigenvalue weighted by molar-refractivity contribution is 0.102. The van der Waals surface area contributed by atoms with Crippen molar-refractivity contribution in [3.05, 3.63) is 66.0 Å². The van der Waals surface area contributed by atoms with E-state index in [0.717, 1.165) is 29.9 Å². The molecule has 1 aromatic heterocycles. The molecule has 22 heavy (non-hydrogen) atoms. The van der Waals surface area contributed by atoms with Crippen molar-refractivity contribution in [3.8, 4) is 0 Å². The van der Waals surface area contributed by atoms with Crippen molar-refractivity contribution in [3.63, 3.8) is 0 Å². The van der Waals surface area contributed by atoms with Crippen LogP contribution in [0.2, 0.25) is 0 Å². The van der Waals surface area contributed by atoms with Crippen molar-refractivity contribution in [1.29, 1.82) is 0 Å². The van der Waals surface area contributed by atoms with Crippen molar-refractivity contribution < 1.29 is 4.74 Å². The molecular weight excluding hydrogens is 274 g/mol. The lowest BCUT2D eigenvalue weighted by Crippen LogP contribution is -2.23. The van der Waals surface area contributed by atoms with Gasteiger partial charge < -0.3 is 14.6 Å². The van der Waals surface area contributed by atoms with Gasteiger partial charge in [0.05, 0.1) is 23.7 Å². The zero-order valence-corrected chi connectivity index (χ0v) is 13.0. The van der Waals surface area contributed by atoms with E-state index in [1.807, 2.05) is 36.4 Å². The second-order valence-electron chi connectivity index (χ2n) is 5.34. The second-order valence-corrected chi connectivity index (χ2v) is 5.34. The van der Waals surface area contributed by atoms with Crippen LogP contribution in [-0.4, -0.2) is 23.2 Å². The SMILES string of the molecule is COC(CNCc1nc2ccccc2n1C)c1ccccc1. The van der Waals surface area contributed by atoms with Gasteiger partial charge in [-0.15, -0.1) is 0 Å². The average Bonchev–Trinajstić information content (AvgIpc) is 2.89. The molecule has 114 valence electrons. The molecule has 1 unspecified atom stereocenters. The highest BCUT2D eigenvalue weighted by Gasteiger charge is 2.11. The topological polar surface area (TPSA) is 39.1 Å². The number of para-hydroxylation sites is 2. The number of imidazole rings is 1. The number of nitrogens with one attached hydrogen (secondary N) is 1. The highest BCUT2D eigenvalue weighted by atomic mass is 16.5. The predicted octanol–water partition coefficient (Wildman–Crippen LogP) is 3.05. The molecule has 0 saturated heterocycles. The molecule has 0 radical (unpaired) electrons. The minimum absolute atomic E-state index is 0.0517. The smallest absolute Gasteiger partial charge is 0.123 e. The van der Waals surface area contributed by atoms with E-state index in [0.29, 0.717) is 0 Å². The molecule has 0 aliphatic carbocycles. The van der Waals surface area contributed by atoms with E-state index in [4.69, 9.17) is 4.74 Å². The number of ether oxygens (including phenoxy) is 1. The number of aromatic nitrogens is 2. The van der Waals surface area contributed by atoms with Crippen LogP contribution in [0, 0.1) is 0 Å². The van der Waals surface area contributed by atoms with Crippen LogP contribution in [0.3, 0.4) is 0 Å². The average molecular weight is 295 g/mol. The van der Waals surface area contributed by atoms with Gasteiger partial charge in [0.2, 0.25) is 0 Å². The molecule has 1 heterocycles. The minimum Gasteiger partial charge on any atom is -0.375 e. The molecule has 0 aliphatic rings. The number of benzene rings is 2. The van der Waals surface area contributed by atoms with Gasteiger partial charge in [-0.25, -0.2) is 4.98 Å². The first-order valence-electron chi connectivity index (χ1n) is 7.48. The minimum atomic E-state index is 0.0517. The fourth-order valence-electron chi connectivity index (χ4n) is 2.67. The van der Waals surface area contributed by atoms with Crippen molar-refractivity contribution in [2.75, 3.05) is 13.7 Å². The number of aryl methyl sites for hydroxylation is 1. The molecule has 0 fully saturated rings. The van der Waals surface area contributed by atoms with Crippen LogP contribution in [0.25, 0.3) is 11.0 Å². The van der Waals surface area contributed by atoms with E-state index in [1.54, 1.807) is 7.11 Å². The van der Waals surface area contributed by atoms with Crippen molar-refractivity contribution >= 4 is 11.0 Å². The normalized spacial score (nSPS) is 12.6. The van der Waals surface area contributed by atoms with E-state index in [1.165, 1.54) is 5.56 Å². The van der Waals surface area contributed by atoms with E-state index < -0.39 is 0 Å². The van der Waals surface area contributed by atoms with Crippen molar-refractivity contribution in [2.24, 2.45) is 7.05 Å². The molecule has 4 heteroatoms. The monoisotopic (exact) mass is 295 g/mol. The molecule has 3 aromatic rings. The largest absolute Gasteiger partial charge is 0.375 e. The molecule has 0 spiro atoms. The van der Waals surface area contributed by atoms with Gasteiger partial charge in [-0.1, -0.05) is 42.5 Å². The van der Waals surface area contributed by atoms with Gasteiger partial charge in [-0.05, 0) is 17.7 Å². The molecule has 0 amide bonds. The Hall–Kier alpha value is -2.17. The molecule has 2 aromatic carbocycles. The predicted molar refractivity (Wildman–Crippen MR) is 88.6 cm³/mol. The molecule has 3 rings (SSSR count). The Morgan fingerprint density at radius 1 is 1.09 bits per heavy atom. The summed E-state index contributed by atoms with van der Waals surface area (Å²) in [7, 11) is 3.80. The van der Waals surface area contributed by atoms with Crippen LogP contribution in [-0.2, 0) is 18.3 Å². The lowest BCUT2D eigenvalue weighted by Gasteiger charge is -2.16. The van der Waals surface area contributed by atoms with Crippen LogP contribution in [0.4, 0.5) is 0 Å². The maximum absolute atomic E-state index is 5.57. The molecule has 4 nitrogen and oxygen atoms in total. The second kappa shape index (κ2) is 6.73. The third kappa shape index (κ3) is 3.03. The summed E-state index contributed by atoms with van der Waals surface area (Å²) in [6, 6.07) is 18.5. The van der Waals surface area contributed by atoms with Gasteiger partial charge in [0.15, 0.2) is 0 Å². The molecule has 1 N–H and O–H groups in total. The molecule has 0 saturated carbocycles. The van der Waals surface area contributed by atoms with Crippen LogP contribution >= 0.6 is 0 Å². The Morgan fingerprint density at radius 2 is 1.82 bits per heavy atom. The van der Waals surface area contributed by atoms with E-state index >= 15 is 0 Å². The highest BCUT2D eigenvalue weighted by molar-refractivity contribution is 5.75. The van der Waals surface area contributed by atoms with Crippen LogP contribution in [0.1, 0.15) is 17.5 Å². The summed E-state index contributed by atoms with van der Waals surface area (Å²) in [6.07, 6.45) is 0.0517. The fourth-order valence-corrected chi connectivity index (χ4v) is 2.67. The van der Waals surface area contributed by atoms with E-state index in [2.05, 4.69) is 40.1 Å².